The summed E-state index contributed by atoms with van der Waals surface area (Å²) in [5, 5.41) is 8.37. The lowest BCUT2D eigenvalue weighted by Crippen LogP contribution is -2.45. The molecule has 0 bridgehead atoms. The van der Waals surface area contributed by atoms with Crippen LogP contribution in [0.2, 0.25) is 4.34 Å². The molecule has 4 amide bonds. The zero-order chi connectivity index (χ0) is 21.5. The Morgan fingerprint density at radius 3 is 2.70 bits per heavy atom. The van der Waals surface area contributed by atoms with Crippen LogP contribution in [0, 0.1) is 0 Å². The molecule has 1 aliphatic rings. The van der Waals surface area contributed by atoms with Crippen LogP contribution < -0.4 is 20.9 Å². The van der Waals surface area contributed by atoms with E-state index in [2.05, 4.69) is 20.9 Å². The number of halogens is 1. The predicted molar refractivity (Wildman–Crippen MR) is 116 cm³/mol. The lowest BCUT2D eigenvalue weighted by atomic mass is 10.1. The van der Waals surface area contributed by atoms with Gasteiger partial charge in [0.2, 0.25) is 5.91 Å². The average Bonchev–Trinajstić information content (AvgIpc) is 3.13. The number of aromatic nitrogens is 1. The van der Waals surface area contributed by atoms with E-state index < -0.39 is 12.1 Å². The molecule has 0 radical (unpaired) electrons. The van der Waals surface area contributed by atoms with Crippen LogP contribution in [0.4, 0.5) is 21.3 Å². The Morgan fingerprint density at radius 1 is 1.30 bits per heavy atom. The average molecular weight is 452 g/mol. The van der Waals surface area contributed by atoms with Crippen molar-refractivity contribution in [3.8, 4) is 0 Å². The van der Waals surface area contributed by atoms with Crippen LogP contribution in [0.3, 0.4) is 0 Å². The number of amides is 4. The fraction of sp³-hybridized carbons (Fsp3) is 0.368. The number of rotatable bonds is 7. The summed E-state index contributed by atoms with van der Waals surface area (Å²) in [5.74, 6) is -0.433. The second-order valence-corrected chi connectivity index (χ2v) is 8.21. The number of benzene rings is 1. The Bertz CT molecular complexity index is 905. The summed E-state index contributed by atoms with van der Waals surface area (Å²) < 4.78 is 5.59. The molecule has 1 atom stereocenters. The summed E-state index contributed by atoms with van der Waals surface area (Å²) in [6.07, 6.45) is 2.62. The molecule has 2 heterocycles. The number of hydrogen-bond acceptors (Lipinski definition) is 6. The molecular formula is C19H22ClN5O4S. The number of thiazole rings is 1. The summed E-state index contributed by atoms with van der Waals surface area (Å²) in [4.78, 5) is 42.4. The van der Waals surface area contributed by atoms with E-state index in [1.165, 1.54) is 6.20 Å². The Balaban J connectivity index is 1.58. The Morgan fingerprint density at radius 2 is 2.07 bits per heavy atom. The number of morpholine rings is 1. The lowest BCUT2D eigenvalue weighted by molar-refractivity contribution is -0.125. The van der Waals surface area contributed by atoms with Gasteiger partial charge in [-0.25, -0.2) is 9.78 Å². The highest BCUT2D eigenvalue weighted by Gasteiger charge is 2.22. The third-order valence-corrected chi connectivity index (χ3v) is 5.36. The maximum absolute atomic E-state index is 12.7. The molecule has 1 fully saturated rings. The molecule has 0 unspecified atom stereocenters. The number of urea groups is 1. The molecule has 1 aliphatic heterocycles. The zero-order valence-electron chi connectivity index (χ0n) is 16.3. The maximum atomic E-state index is 12.7. The third-order valence-electron chi connectivity index (χ3n) is 4.33. The van der Waals surface area contributed by atoms with Crippen LogP contribution >= 0.6 is 22.9 Å². The van der Waals surface area contributed by atoms with Crippen LogP contribution in [-0.2, 0) is 14.3 Å². The van der Waals surface area contributed by atoms with Crippen LogP contribution in [0.1, 0.15) is 19.8 Å². The van der Waals surface area contributed by atoms with Gasteiger partial charge in [0, 0.05) is 17.9 Å². The van der Waals surface area contributed by atoms with E-state index in [9.17, 15) is 14.4 Å². The predicted octanol–water partition coefficient (Wildman–Crippen LogP) is 3.09. The standard InChI is InChI=1S/C19H22ClN5O4S/c1-2-3-14(23-18(28)24-19-21-10-15(20)30-19)17(27)22-12-4-6-13(7-5-12)25-8-9-29-11-16(25)26/h4-7,10,14H,2-3,8-9,11H2,1H3,(H,22,27)(H2,21,23,24,28)/t14-/m1/s1. The highest BCUT2D eigenvalue weighted by Crippen LogP contribution is 2.22. The summed E-state index contributed by atoms with van der Waals surface area (Å²) in [7, 11) is 0. The zero-order valence-corrected chi connectivity index (χ0v) is 17.9. The highest BCUT2D eigenvalue weighted by atomic mass is 35.5. The highest BCUT2D eigenvalue weighted by molar-refractivity contribution is 7.19. The van der Waals surface area contributed by atoms with Gasteiger partial charge in [0.15, 0.2) is 5.13 Å². The Hall–Kier alpha value is -2.69. The molecule has 0 saturated carbocycles. The van der Waals surface area contributed by atoms with Crippen molar-refractivity contribution in [2.45, 2.75) is 25.8 Å². The molecule has 11 heteroatoms. The summed E-state index contributed by atoms with van der Waals surface area (Å²) in [5.41, 5.74) is 1.31. The van der Waals surface area contributed by atoms with Gasteiger partial charge in [0.05, 0.1) is 12.8 Å². The van der Waals surface area contributed by atoms with Crippen molar-refractivity contribution in [2.24, 2.45) is 0 Å². The first-order valence-corrected chi connectivity index (χ1v) is 10.6. The van der Waals surface area contributed by atoms with Crippen molar-refractivity contribution in [2.75, 3.05) is 35.3 Å². The third kappa shape index (κ3) is 5.91. The maximum Gasteiger partial charge on any atom is 0.321 e. The molecule has 160 valence electrons. The number of nitrogens with one attached hydrogen (secondary N) is 3. The van der Waals surface area contributed by atoms with E-state index in [0.29, 0.717) is 41.1 Å². The van der Waals surface area contributed by atoms with Crippen molar-refractivity contribution < 1.29 is 19.1 Å². The molecule has 1 aromatic carbocycles. The minimum atomic E-state index is -0.717. The smallest absolute Gasteiger partial charge is 0.321 e. The van der Waals surface area contributed by atoms with Crippen molar-refractivity contribution in [1.82, 2.24) is 10.3 Å². The first-order valence-electron chi connectivity index (χ1n) is 9.44. The minimum absolute atomic E-state index is 0.0676. The molecular weight excluding hydrogens is 430 g/mol. The van der Waals surface area contributed by atoms with E-state index >= 15 is 0 Å². The molecule has 0 aliphatic carbocycles. The largest absolute Gasteiger partial charge is 0.370 e. The van der Waals surface area contributed by atoms with Crippen LogP contribution in [0.25, 0.3) is 0 Å². The normalized spacial score (nSPS) is 14.9. The number of hydrogen-bond donors (Lipinski definition) is 3. The Labute approximate surface area is 182 Å². The first kappa shape index (κ1) is 22.0. The van der Waals surface area contributed by atoms with E-state index in [4.69, 9.17) is 16.3 Å². The fourth-order valence-electron chi connectivity index (χ4n) is 2.91. The van der Waals surface area contributed by atoms with Gasteiger partial charge in [-0.05, 0) is 30.7 Å². The van der Waals surface area contributed by atoms with Crippen molar-refractivity contribution >= 4 is 57.3 Å². The molecule has 2 aromatic rings. The van der Waals surface area contributed by atoms with Crippen LogP contribution in [0.15, 0.2) is 30.5 Å². The second-order valence-electron chi connectivity index (χ2n) is 6.54. The topological polar surface area (TPSA) is 113 Å². The monoisotopic (exact) mass is 451 g/mol. The lowest BCUT2D eigenvalue weighted by Gasteiger charge is -2.27. The van der Waals surface area contributed by atoms with Crippen LogP contribution in [0.5, 0.6) is 0 Å². The quantitative estimate of drug-likeness (QED) is 0.598. The number of ether oxygens (including phenoxy) is 1. The molecule has 1 saturated heterocycles. The minimum Gasteiger partial charge on any atom is -0.370 e. The molecule has 30 heavy (non-hydrogen) atoms. The van der Waals surface area contributed by atoms with Crippen LogP contribution in [-0.4, -0.2) is 48.6 Å². The second kappa shape index (κ2) is 10.4. The number of carbonyl (C=O) groups is 3. The molecule has 0 spiro atoms. The van der Waals surface area contributed by atoms with E-state index in [0.717, 1.165) is 17.0 Å². The van der Waals surface area contributed by atoms with E-state index in [1.807, 2.05) is 6.92 Å². The number of anilines is 3. The summed E-state index contributed by atoms with van der Waals surface area (Å²) in [6.45, 7) is 2.98. The number of carbonyl (C=O) groups excluding carboxylic acids is 3. The van der Waals surface area contributed by atoms with Gasteiger partial charge in [0.1, 0.15) is 17.0 Å². The molecule has 1 aromatic heterocycles. The number of nitrogens with zero attached hydrogens (tertiary/aromatic N) is 2. The summed E-state index contributed by atoms with van der Waals surface area (Å²) >= 11 is 6.93. The molecule has 3 N–H and O–H groups in total. The fourth-order valence-corrected chi connectivity index (χ4v) is 3.71. The molecule has 9 nitrogen and oxygen atoms in total. The van der Waals surface area contributed by atoms with E-state index in [1.54, 1.807) is 29.2 Å². The van der Waals surface area contributed by atoms with Crippen molar-refractivity contribution in [1.29, 1.82) is 0 Å². The van der Waals surface area contributed by atoms with Gasteiger partial charge in [-0.3, -0.25) is 14.9 Å². The Kier molecular flexibility index (Phi) is 7.61. The van der Waals surface area contributed by atoms with Gasteiger partial charge in [-0.2, -0.15) is 0 Å². The molecule has 3 rings (SSSR count). The van der Waals surface area contributed by atoms with Gasteiger partial charge >= 0.3 is 6.03 Å². The van der Waals surface area contributed by atoms with Gasteiger partial charge in [-0.15, -0.1) is 0 Å². The van der Waals surface area contributed by atoms with Crippen molar-refractivity contribution in [3.63, 3.8) is 0 Å². The first-order chi connectivity index (χ1) is 14.5. The van der Waals surface area contributed by atoms with E-state index in [-0.39, 0.29) is 18.4 Å². The SMILES string of the molecule is CCC[C@@H](NC(=O)Nc1ncc(Cl)s1)C(=O)Nc1ccc(N2CCOCC2=O)cc1. The van der Waals surface area contributed by atoms with Gasteiger partial charge in [0.25, 0.3) is 5.91 Å². The van der Waals surface area contributed by atoms with Gasteiger partial charge < -0.3 is 20.3 Å². The summed E-state index contributed by atoms with van der Waals surface area (Å²) in [6, 6.07) is 5.72. The van der Waals surface area contributed by atoms with Crippen molar-refractivity contribution in [3.05, 3.63) is 34.8 Å². The van der Waals surface area contributed by atoms with Gasteiger partial charge in [-0.1, -0.05) is 36.3 Å².